The minimum atomic E-state index is -0.452. The second kappa shape index (κ2) is 13.8. The lowest BCUT2D eigenvalue weighted by molar-refractivity contribution is 0.0963. The van der Waals surface area contributed by atoms with Gasteiger partial charge in [0.25, 0.3) is 11.8 Å². The molecule has 0 bridgehead atoms. The Morgan fingerprint density at radius 2 is 1.19 bits per heavy atom. The zero-order chi connectivity index (χ0) is 32.0. The lowest BCUT2D eigenvalue weighted by Crippen LogP contribution is -2.39. The highest BCUT2D eigenvalue weighted by Crippen LogP contribution is 2.34. The Morgan fingerprint density at radius 1 is 0.721 bits per heavy atom. The van der Waals surface area contributed by atoms with Crippen LogP contribution in [-0.4, -0.2) is 72.0 Å². The quantitative estimate of drug-likeness (QED) is 0.186. The zero-order valence-electron chi connectivity index (χ0n) is 25.3. The summed E-state index contributed by atoms with van der Waals surface area (Å²) in [6, 6.07) is 13.1. The van der Waals surface area contributed by atoms with E-state index < -0.39 is 11.8 Å². The number of aromatic nitrogens is 2. The van der Waals surface area contributed by atoms with Crippen molar-refractivity contribution in [1.29, 1.82) is 10.8 Å². The van der Waals surface area contributed by atoms with Gasteiger partial charge in [-0.3, -0.25) is 31.0 Å². The number of nitrogens with zero attached hydrogens (tertiary/aromatic N) is 4. The molecule has 4 rings (SSSR count). The molecule has 226 valence electrons. The minimum Gasteiger partial charge on any atom is -0.360 e. The number of rotatable bonds is 4. The summed E-state index contributed by atoms with van der Waals surface area (Å²) in [7, 11) is 6.71. The first kappa shape index (κ1) is 32.5. The third-order valence-electron chi connectivity index (χ3n) is 6.40. The highest BCUT2D eigenvalue weighted by Gasteiger charge is 2.25. The number of nitrogens with one attached hydrogen (secondary N) is 4. The molecule has 0 atom stereocenters. The molecule has 0 spiro atoms. The molecular formula is C30H35ClN8O4. The summed E-state index contributed by atoms with van der Waals surface area (Å²) in [4.78, 5) is 27.8. The molecule has 4 N–H and O–H groups in total. The Kier molecular flexibility index (Phi) is 10.4. The van der Waals surface area contributed by atoms with Gasteiger partial charge in [0.15, 0.2) is 11.9 Å². The van der Waals surface area contributed by atoms with Crippen LogP contribution >= 0.6 is 11.6 Å². The van der Waals surface area contributed by atoms with Crippen molar-refractivity contribution in [2.24, 2.45) is 0 Å². The number of hydrogen-bond acceptors (Lipinski definition) is 8. The van der Waals surface area contributed by atoms with Crippen LogP contribution in [0.25, 0.3) is 22.5 Å². The minimum absolute atomic E-state index is 0.0105. The molecule has 2 aromatic heterocycles. The van der Waals surface area contributed by atoms with Crippen molar-refractivity contribution in [3.63, 3.8) is 0 Å². The lowest BCUT2D eigenvalue weighted by atomic mass is 10.0. The topological polar surface area (TPSA) is 164 Å². The summed E-state index contributed by atoms with van der Waals surface area (Å²) >= 11 is 6.24. The SMILES string of the molecule is Cc1cccc(Cl)c1-c1noc(C)c1C(=O)NC(=N)N(C)C.Cc1ccccc1-c1noc(C)c1C(=O)NC(=N)N(C)C. The Morgan fingerprint density at radius 3 is 1.67 bits per heavy atom. The van der Waals surface area contributed by atoms with Crippen molar-refractivity contribution < 1.29 is 18.6 Å². The van der Waals surface area contributed by atoms with E-state index in [0.29, 0.717) is 39.1 Å². The Hall–Kier alpha value is -4.97. The highest BCUT2D eigenvalue weighted by molar-refractivity contribution is 6.33. The molecule has 0 saturated carbocycles. The van der Waals surface area contributed by atoms with Crippen LogP contribution in [0, 0.1) is 38.5 Å². The van der Waals surface area contributed by atoms with E-state index in [0.717, 1.165) is 16.7 Å². The van der Waals surface area contributed by atoms with Gasteiger partial charge >= 0.3 is 0 Å². The standard InChI is InChI=1S/C15H17ClN4O2.C15H18N4O2/c1-8-6-5-7-10(16)11(8)13-12(9(2)22-19-13)14(21)18-15(17)20(3)4;1-9-7-5-6-8-11(9)13-12(10(2)21-18-13)14(20)17-15(16)19(3)4/h5-7H,1-4H3,(H2,17,18,21);5-8H,1-4H3,(H2,16,17,20). The molecule has 43 heavy (non-hydrogen) atoms. The average Bonchev–Trinajstić information content (AvgIpc) is 3.51. The van der Waals surface area contributed by atoms with E-state index in [1.807, 2.05) is 50.2 Å². The van der Waals surface area contributed by atoms with Crippen LogP contribution in [0.1, 0.15) is 43.4 Å². The predicted octanol–water partition coefficient (Wildman–Crippen LogP) is 5.02. The molecule has 2 heterocycles. The van der Waals surface area contributed by atoms with Crippen LogP contribution < -0.4 is 10.6 Å². The summed E-state index contributed by atoms with van der Waals surface area (Å²) in [6.45, 7) is 7.16. The monoisotopic (exact) mass is 606 g/mol. The van der Waals surface area contributed by atoms with Crippen molar-refractivity contribution in [2.45, 2.75) is 27.7 Å². The molecule has 0 aliphatic heterocycles. The lowest BCUT2D eigenvalue weighted by Gasteiger charge is -2.14. The third kappa shape index (κ3) is 7.46. The largest absolute Gasteiger partial charge is 0.360 e. The highest BCUT2D eigenvalue weighted by atomic mass is 35.5. The molecule has 0 aliphatic carbocycles. The van der Waals surface area contributed by atoms with Gasteiger partial charge < -0.3 is 18.8 Å². The molecule has 0 saturated heterocycles. The number of hydrogen-bond donors (Lipinski definition) is 4. The number of guanidine groups is 2. The van der Waals surface area contributed by atoms with Crippen molar-refractivity contribution >= 4 is 35.3 Å². The fraction of sp³-hybridized carbons (Fsp3) is 0.267. The smallest absolute Gasteiger partial charge is 0.263 e. The van der Waals surface area contributed by atoms with E-state index in [-0.39, 0.29) is 17.5 Å². The fourth-order valence-corrected chi connectivity index (χ4v) is 4.28. The van der Waals surface area contributed by atoms with Crippen LogP contribution in [-0.2, 0) is 0 Å². The van der Waals surface area contributed by atoms with Gasteiger partial charge in [-0.25, -0.2) is 0 Å². The van der Waals surface area contributed by atoms with E-state index in [4.69, 9.17) is 31.5 Å². The molecule has 0 aliphatic rings. The maximum absolute atomic E-state index is 12.4. The number of amides is 2. The van der Waals surface area contributed by atoms with Crippen LogP contribution in [0.2, 0.25) is 5.02 Å². The van der Waals surface area contributed by atoms with Crippen LogP contribution in [0.15, 0.2) is 51.5 Å². The van der Waals surface area contributed by atoms with Crippen LogP contribution in [0.5, 0.6) is 0 Å². The molecule has 0 unspecified atom stereocenters. The molecule has 12 nitrogen and oxygen atoms in total. The van der Waals surface area contributed by atoms with Gasteiger partial charge in [0.2, 0.25) is 0 Å². The summed E-state index contributed by atoms with van der Waals surface area (Å²) < 4.78 is 10.3. The van der Waals surface area contributed by atoms with E-state index in [1.54, 1.807) is 48.1 Å². The van der Waals surface area contributed by atoms with E-state index in [2.05, 4.69) is 20.9 Å². The summed E-state index contributed by atoms with van der Waals surface area (Å²) in [5.41, 5.74) is 4.90. The van der Waals surface area contributed by atoms with E-state index in [9.17, 15) is 9.59 Å². The first-order valence-corrected chi connectivity index (χ1v) is 13.5. The maximum atomic E-state index is 12.4. The van der Waals surface area contributed by atoms with Gasteiger partial charge in [-0.2, -0.15) is 0 Å². The number of benzene rings is 2. The zero-order valence-corrected chi connectivity index (χ0v) is 26.1. The van der Waals surface area contributed by atoms with Crippen LogP contribution in [0.3, 0.4) is 0 Å². The number of halogens is 1. The van der Waals surface area contributed by atoms with Gasteiger partial charge in [0.05, 0.1) is 5.02 Å². The van der Waals surface area contributed by atoms with Crippen molar-refractivity contribution in [2.75, 3.05) is 28.2 Å². The number of carbonyl (C=O) groups is 2. The molecule has 13 heteroatoms. The third-order valence-corrected chi connectivity index (χ3v) is 6.71. The first-order valence-electron chi connectivity index (χ1n) is 13.1. The Balaban J connectivity index is 0.000000236. The maximum Gasteiger partial charge on any atom is 0.263 e. The normalized spacial score (nSPS) is 10.3. The predicted molar refractivity (Wildman–Crippen MR) is 166 cm³/mol. The molecular weight excluding hydrogens is 572 g/mol. The van der Waals surface area contributed by atoms with Gasteiger partial charge in [-0.15, -0.1) is 0 Å². The van der Waals surface area contributed by atoms with Crippen molar-refractivity contribution in [3.8, 4) is 22.5 Å². The Bertz CT molecular complexity index is 1650. The number of aryl methyl sites for hydroxylation is 4. The second-order valence-corrected chi connectivity index (χ2v) is 10.5. The van der Waals surface area contributed by atoms with Gasteiger partial charge in [0.1, 0.15) is 34.0 Å². The van der Waals surface area contributed by atoms with E-state index >= 15 is 0 Å². The van der Waals surface area contributed by atoms with Crippen LogP contribution in [0.4, 0.5) is 0 Å². The summed E-state index contributed by atoms with van der Waals surface area (Å²) in [5, 5.41) is 28.9. The molecule has 2 amide bonds. The first-order chi connectivity index (χ1) is 20.2. The fourth-order valence-electron chi connectivity index (χ4n) is 3.97. The molecule has 0 fully saturated rings. The van der Waals surface area contributed by atoms with Gasteiger partial charge in [0, 0.05) is 39.3 Å². The van der Waals surface area contributed by atoms with Gasteiger partial charge in [-0.1, -0.05) is 58.3 Å². The Labute approximate surface area is 255 Å². The second-order valence-electron chi connectivity index (χ2n) is 10.1. The molecule has 4 aromatic rings. The molecule has 0 radical (unpaired) electrons. The number of carbonyl (C=O) groups excluding carboxylic acids is 2. The summed E-state index contributed by atoms with van der Waals surface area (Å²) in [5.74, 6) is -0.0584. The van der Waals surface area contributed by atoms with E-state index in [1.165, 1.54) is 9.80 Å². The average molecular weight is 607 g/mol. The summed E-state index contributed by atoms with van der Waals surface area (Å²) in [6.07, 6.45) is 0. The van der Waals surface area contributed by atoms with Crippen molar-refractivity contribution in [1.82, 2.24) is 30.7 Å². The van der Waals surface area contributed by atoms with Crippen molar-refractivity contribution in [3.05, 3.63) is 81.3 Å². The molecule has 2 aromatic carbocycles. The van der Waals surface area contributed by atoms with Gasteiger partial charge in [-0.05, 0) is 44.9 Å².